The zero-order valence-electron chi connectivity index (χ0n) is 15.0. The van der Waals surface area contributed by atoms with Crippen molar-refractivity contribution in [1.29, 1.82) is 0 Å². The first-order valence-electron chi connectivity index (χ1n) is 8.57. The summed E-state index contributed by atoms with van der Waals surface area (Å²) in [6.07, 6.45) is 1.42. The number of aromatic nitrogens is 1. The van der Waals surface area contributed by atoms with Gasteiger partial charge in [-0.2, -0.15) is 4.39 Å². The van der Waals surface area contributed by atoms with E-state index < -0.39 is 11.5 Å². The molecule has 0 spiro atoms. The molecule has 4 rings (SSSR count). The lowest BCUT2D eigenvalue weighted by molar-refractivity contribution is 0.278. The largest absolute Gasteiger partial charge is 0.495 e. The molecule has 0 bridgehead atoms. The van der Waals surface area contributed by atoms with Gasteiger partial charge in [-0.1, -0.05) is 35.9 Å². The summed E-state index contributed by atoms with van der Waals surface area (Å²) < 4.78 is 24.9. The average molecular weight is 398 g/mol. The fourth-order valence-electron chi connectivity index (χ4n) is 3.36. The number of amidine groups is 1. The van der Waals surface area contributed by atoms with Crippen molar-refractivity contribution in [2.75, 3.05) is 13.7 Å². The van der Waals surface area contributed by atoms with Crippen LogP contribution in [0, 0.1) is 5.95 Å². The molecule has 0 saturated carbocycles. The Hall–Kier alpha value is -3.12. The van der Waals surface area contributed by atoms with Crippen molar-refractivity contribution in [3.63, 3.8) is 0 Å². The third-order valence-corrected chi connectivity index (χ3v) is 5.06. The zero-order valence-corrected chi connectivity index (χ0v) is 15.8. The Balaban J connectivity index is 1.87. The zero-order chi connectivity index (χ0) is 19.7. The maximum atomic E-state index is 14.2. The fraction of sp³-hybridized carbons (Fsp3) is 0.143. The maximum absolute atomic E-state index is 14.2. The number of nitrogens with two attached hydrogens (primary N) is 1. The number of methoxy groups -OCH3 is 1. The molecule has 2 aromatic carbocycles. The standard InChI is InChI=1S/C21H17ClFN3O2/c1-27-18-8-7-15(11-17(18)22)21(12-28-20(24)26-21)14-5-2-4-13(10-14)16-6-3-9-25-19(16)23/h2-11H,12H2,1H3,(H2,24,26)/t21-/m0/s1. The van der Waals surface area contributed by atoms with Crippen molar-refractivity contribution in [2.45, 2.75) is 5.54 Å². The van der Waals surface area contributed by atoms with Gasteiger partial charge in [0.25, 0.3) is 6.02 Å². The van der Waals surface area contributed by atoms with Crippen LogP contribution >= 0.6 is 11.6 Å². The Labute approximate surface area is 166 Å². The van der Waals surface area contributed by atoms with Gasteiger partial charge >= 0.3 is 0 Å². The third kappa shape index (κ3) is 3.05. The lowest BCUT2D eigenvalue weighted by Crippen LogP contribution is -2.27. The smallest absolute Gasteiger partial charge is 0.283 e. The van der Waals surface area contributed by atoms with Crippen molar-refractivity contribution < 1.29 is 13.9 Å². The number of nitrogens with zero attached hydrogens (tertiary/aromatic N) is 2. The number of hydrogen-bond acceptors (Lipinski definition) is 5. The number of benzene rings is 2. The van der Waals surface area contributed by atoms with Gasteiger partial charge in [-0.05, 0) is 47.0 Å². The quantitative estimate of drug-likeness (QED) is 0.672. The molecule has 1 aliphatic rings. The lowest BCUT2D eigenvalue weighted by atomic mass is 9.83. The summed E-state index contributed by atoms with van der Waals surface area (Å²) in [5.74, 6) is 0.0227. The SMILES string of the molecule is COc1ccc([C@@]2(c3cccc(-c4cccnc4F)c3)COC(N)=N2)cc1Cl. The van der Waals surface area contributed by atoms with Gasteiger partial charge in [0.15, 0.2) is 5.54 Å². The molecule has 0 amide bonds. The summed E-state index contributed by atoms with van der Waals surface area (Å²) in [7, 11) is 1.55. The van der Waals surface area contributed by atoms with Gasteiger partial charge in [-0.15, -0.1) is 0 Å². The van der Waals surface area contributed by atoms with E-state index in [0.29, 0.717) is 21.9 Å². The molecule has 7 heteroatoms. The summed E-state index contributed by atoms with van der Waals surface area (Å²) in [6, 6.07) is 16.3. The van der Waals surface area contributed by atoms with Gasteiger partial charge in [-0.25, -0.2) is 9.98 Å². The van der Waals surface area contributed by atoms with E-state index in [1.54, 1.807) is 31.4 Å². The number of rotatable bonds is 4. The van der Waals surface area contributed by atoms with Gasteiger partial charge in [0.1, 0.15) is 12.4 Å². The highest BCUT2D eigenvalue weighted by Gasteiger charge is 2.40. The van der Waals surface area contributed by atoms with Gasteiger partial charge in [-0.3, -0.25) is 0 Å². The normalized spacial score (nSPS) is 18.5. The van der Waals surface area contributed by atoms with Crippen molar-refractivity contribution >= 4 is 17.6 Å². The number of hydrogen-bond donors (Lipinski definition) is 1. The first kappa shape index (κ1) is 18.3. The summed E-state index contributed by atoms with van der Waals surface area (Å²) >= 11 is 6.34. The Morgan fingerprint density at radius 3 is 2.64 bits per heavy atom. The topological polar surface area (TPSA) is 69.7 Å². The Morgan fingerprint density at radius 1 is 1.14 bits per heavy atom. The minimum Gasteiger partial charge on any atom is -0.495 e. The molecule has 1 aromatic heterocycles. The summed E-state index contributed by atoms with van der Waals surface area (Å²) in [4.78, 5) is 8.31. The van der Waals surface area contributed by atoms with Crippen LogP contribution in [0.15, 0.2) is 65.8 Å². The molecule has 2 N–H and O–H groups in total. The first-order chi connectivity index (χ1) is 13.5. The van der Waals surface area contributed by atoms with Crippen LogP contribution in [0.4, 0.5) is 4.39 Å². The summed E-state index contributed by atoms with van der Waals surface area (Å²) in [6.45, 7) is 0.209. The Bertz CT molecular complexity index is 1070. The molecular formula is C21H17ClFN3O2. The number of halogens is 2. The molecule has 0 saturated heterocycles. The minimum atomic E-state index is -0.894. The van der Waals surface area contributed by atoms with E-state index in [1.165, 1.54) is 6.20 Å². The molecule has 0 radical (unpaired) electrons. The summed E-state index contributed by atoms with van der Waals surface area (Å²) in [5.41, 5.74) is 7.64. The Morgan fingerprint density at radius 2 is 1.96 bits per heavy atom. The van der Waals surface area contributed by atoms with Crippen LogP contribution in [-0.4, -0.2) is 24.7 Å². The molecule has 5 nitrogen and oxygen atoms in total. The van der Waals surface area contributed by atoms with Crippen molar-refractivity contribution in [1.82, 2.24) is 4.98 Å². The van der Waals surface area contributed by atoms with Crippen LogP contribution in [0.25, 0.3) is 11.1 Å². The fourth-order valence-corrected chi connectivity index (χ4v) is 3.62. The van der Waals surface area contributed by atoms with Crippen LogP contribution in [0.1, 0.15) is 11.1 Å². The van der Waals surface area contributed by atoms with Gasteiger partial charge in [0, 0.05) is 11.8 Å². The monoisotopic (exact) mass is 397 g/mol. The van der Waals surface area contributed by atoms with Crippen LogP contribution < -0.4 is 10.5 Å². The van der Waals surface area contributed by atoms with E-state index >= 15 is 0 Å². The van der Waals surface area contributed by atoms with E-state index in [-0.39, 0.29) is 12.6 Å². The molecular weight excluding hydrogens is 381 g/mol. The first-order valence-corrected chi connectivity index (χ1v) is 8.95. The Kier molecular flexibility index (Phi) is 4.65. The molecule has 1 aliphatic heterocycles. The molecule has 0 fully saturated rings. The maximum Gasteiger partial charge on any atom is 0.283 e. The predicted molar refractivity (Wildman–Crippen MR) is 106 cm³/mol. The average Bonchev–Trinajstić information content (AvgIpc) is 3.11. The highest BCUT2D eigenvalue weighted by atomic mass is 35.5. The van der Waals surface area contributed by atoms with E-state index in [9.17, 15) is 4.39 Å². The number of ether oxygens (including phenoxy) is 2. The van der Waals surface area contributed by atoms with Crippen molar-refractivity contribution in [3.8, 4) is 16.9 Å². The summed E-state index contributed by atoms with van der Waals surface area (Å²) in [5, 5.41) is 0.453. The number of pyridine rings is 1. The van der Waals surface area contributed by atoms with E-state index in [2.05, 4.69) is 9.98 Å². The second-order valence-corrected chi connectivity index (χ2v) is 6.78. The van der Waals surface area contributed by atoms with Gasteiger partial charge < -0.3 is 15.2 Å². The molecule has 0 unspecified atom stereocenters. The lowest BCUT2D eigenvalue weighted by Gasteiger charge is -2.26. The molecule has 28 heavy (non-hydrogen) atoms. The second kappa shape index (κ2) is 7.13. The van der Waals surface area contributed by atoms with E-state index in [0.717, 1.165) is 11.1 Å². The molecule has 142 valence electrons. The molecule has 1 atom stereocenters. The molecule has 0 aliphatic carbocycles. The van der Waals surface area contributed by atoms with Crippen LogP contribution in [0.2, 0.25) is 5.02 Å². The number of aliphatic imine (C=N–C) groups is 1. The highest BCUT2D eigenvalue weighted by Crippen LogP contribution is 2.41. The van der Waals surface area contributed by atoms with Gasteiger partial charge in [0.2, 0.25) is 5.95 Å². The van der Waals surface area contributed by atoms with E-state index in [1.807, 2.05) is 30.3 Å². The van der Waals surface area contributed by atoms with E-state index in [4.69, 9.17) is 26.8 Å². The predicted octanol–water partition coefficient (Wildman–Crippen LogP) is 4.14. The van der Waals surface area contributed by atoms with Crippen LogP contribution in [0.3, 0.4) is 0 Å². The molecule has 3 aromatic rings. The van der Waals surface area contributed by atoms with Crippen LogP contribution in [-0.2, 0) is 10.3 Å². The minimum absolute atomic E-state index is 0.0879. The van der Waals surface area contributed by atoms with Gasteiger partial charge in [0.05, 0.1) is 12.1 Å². The van der Waals surface area contributed by atoms with Crippen molar-refractivity contribution in [2.24, 2.45) is 10.7 Å². The highest BCUT2D eigenvalue weighted by molar-refractivity contribution is 6.32. The third-order valence-electron chi connectivity index (χ3n) is 4.77. The van der Waals surface area contributed by atoms with Crippen molar-refractivity contribution in [3.05, 3.63) is 82.9 Å². The molecule has 2 heterocycles. The van der Waals surface area contributed by atoms with Crippen LogP contribution in [0.5, 0.6) is 5.75 Å². The second-order valence-electron chi connectivity index (χ2n) is 6.37.